The first-order valence-electron chi connectivity index (χ1n) is 11.0. The molecule has 34 heavy (non-hydrogen) atoms. The van der Waals surface area contributed by atoms with Gasteiger partial charge in [0.1, 0.15) is 18.1 Å². The van der Waals surface area contributed by atoms with Gasteiger partial charge in [0.2, 0.25) is 0 Å². The van der Waals surface area contributed by atoms with Gasteiger partial charge in [-0.15, -0.1) is 10.2 Å². The van der Waals surface area contributed by atoms with Crippen molar-refractivity contribution in [3.05, 3.63) is 88.9 Å². The van der Waals surface area contributed by atoms with Crippen LogP contribution < -0.4 is 5.32 Å². The standard InChI is InChI=1S/C24H20ClN7O2/c25-18-3-1-2-15(8-18)14-34-24(33)28-20-13-32-22(29-30-23(32)10-26-20)9-19-12-31-11-17(16-4-5-16)6-7-21(31)27-19/h1-3,6-8,10-13,16H,4-5,9,14H2,(H,28,33). The van der Waals surface area contributed by atoms with Crippen LogP contribution in [0.4, 0.5) is 10.6 Å². The average molecular weight is 474 g/mol. The Bertz CT molecular complexity index is 1520. The van der Waals surface area contributed by atoms with Crippen LogP contribution in [0.25, 0.3) is 11.3 Å². The Balaban J connectivity index is 1.17. The van der Waals surface area contributed by atoms with Crippen molar-refractivity contribution in [1.82, 2.24) is 29.0 Å². The van der Waals surface area contributed by atoms with E-state index in [1.165, 1.54) is 18.4 Å². The number of pyridine rings is 1. The first-order valence-corrected chi connectivity index (χ1v) is 11.3. The van der Waals surface area contributed by atoms with Crippen molar-refractivity contribution >= 4 is 34.8 Å². The van der Waals surface area contributed by atoms with E-state index in [-0.39, 0.29) is 6.61 Å². The van der Waals surface area contributed by atoms with Crippen LogP contribution in [-0.2, 0) is 17.8 Å². The summed E-state index contributed by atoms with van der Waals surface area (Å²) in [6.45, 7) is 0.100. The van der Waals surface area contributed by atoms with Gasteiger partial charge in [0.25, 0.3) is 0 Å². The van der Waals surface area contributed by atoms with Gasteiger partial charge < -0.3 is 9.14 Å². The van der Waals surface area contributed by atoms with Crippen LogP contribution in [0.3, 0.4) is 0 Å². The van der Waals surface area contributed by atoms with Gasteiger partial charge in [-0.25, -0.2) is 14.8 Å². The van der Waals surface area contributed by atoms with E-state index in [4.69, 9.17) is 21.3 Å². The number of nitrogens with one attached hydrogen (secondary N) is 1. The van der Waals surface area contributed by atoms with Crippen molar-refractivity contribution in [2.75, 3.05) is 5.32 Å². The summed E-state index contributed by atoms with van der Waals surface area (Å²) >= 11 is 5.97. The number of hydrogen-bond acceptors (Lipinski definition) is 6. The lowest BCUT2D eigenvalue weighted by Crippen LogP contribution is -2.15. The van der Waals surface area contributed by atoms with Crippen molar-refractivity contribution in [3.63, 3.8) is 0 Å². The quantitative estimate of drug-likeness (QED) is 0.385. The van der Waals surface area contributed by atoms with E-state index in [0.717, 1.165) is 16.9 Å². The number of amides is 1. The van der Waals surface area contributed by atoms with Gasteiger partial charge >= 0.3 is 6.09 Å². The monoisotopic (exact) mass is 473 g/mol. The molecule has 9 nitrogen and oxygen atoms in total. The Kier molecular flexibility index (Phi) is 5.10. The molecule has 0 atom stereocenters. The number of fused-ring (bicyclic) bond motifs is 2. The number of rotatable bonds is 6. The molecule has 1 aromatic carbocycles. The molecule has 4 aromatic heterocycles. The zero-order valence-corrected chi connectivity index (χ0v) is 18.8. The van der Waals surface area contributed by atoms with Crippen molar-refractivity contribution in [3.8, 4) is 0 Å². The second-order valence-corrected chi connectivity index (χ2v) is 8.80. The largest absolute Gasteiger partial charge is 0.444 e. The van der Waals surface area contributed by atoms with Crippen LogP contribution >= 0.6 is 11.6 Å². The van der Waals surface area contributed by atoms with E-state index < -0.39 is 6.09 Å². The minimum atomic E-state index is -0.617. The molecule has 1 saturated carbocycles. The van der Waals surface area contributed by atoms with Gasteiger partial charge in [0.15, 0.2) is 11.5 Å². The average Bonchev–Trinajstić information content (AvgIpc) is 3.50. The van der Waals surface area contributed by atoms with E-state index in [1.54, 1.807) is 35.0 Å². The SMILES string of the molecule is O=C(Nc1cn2c(Cc3cn4cc(C5CC5)ccc4n3)nnc2cn1)OCc1cccc(Cl)c1. The highest BCUT2D eigenvalue weighted by Crippen LogP contribution is 2.39. The molecule has 4 heterocycles. The van der Waals surface area contributed by atoms with Gasteiger partial charge in [-0.05, 0) is 48.1 Å². The van der Waals surface area contributed by atoms with Crippen LogP contribution in [0.1, 0.15) is 41.4 Å². The fourth-order valence-corrected chi connectivity index (χ4v) is 4.13. The van der Waals surface area contributed by atoms with E-state index in [9.17, 15) is 4.79 Å². The summed E-state index contributed by atoms with van der Waals surface area (Å²) in [5.41, 5.74) is 4.51. The Morgan fingerprint density at radius 2 is 2.03 bits per heavy atom. The molecule has 170 valence electrons. The Morgan fingerprint density at radius 3 is 2.88 bits per heavy atom. The molecule has 1 amide bonds. The molecule has 0 bridgehead atoms. The third kappa shape index (κ3) is 4.29. The van der Waals surface area contributed by atoms with Crippen molar-refractivity contribution in [1.29, 1.82) is 0 Å². The minimum absolute atomic E-state index is 0.100. The lowest BCUT2D eigenvalue weighted by molar-refractivity contribution is 0.155. The van der Waals surface area contributed by atoms with Crippen LogP contribution in [0, 0.1) is 0 Å². The number of anilines is 1. The number of ether oxygens (including phenoxy) is 1. The smallest absolute Gasteiger partial charge is 0.413 e. The lowest BCUT2D eigenvalue weighted by atomic mass is 10.2. The van der Waals surface area contributed by atoms with E-state index in [1.807, 2.05) is 12.3 Å². The zero-order valence-electron chi connectivity index (χ0n) is 18.1. The molecule has 1 N–H and O–H groups in total. The molecule has 1 aliphatic rings. The molecule has 0 spiro atoms. The second-order valence-electron chi connectivity index (χ2n) is 8.36. The second kappa shape index (κ2) is 8.42. The lowest BCUT2D eigenvalue weighted by Gasteiger charge is -2.07. The fourth-order valence-electron chi connectivity index (χ4n) is 3.92. The maximum atomic E-state index is 12.2. The number of halogens is 1. The van der Waals surface area contributed by atoms with Crippen LogP contribution in [0.2, 0.25) is 5.02 Å². The minimum Gasteiger partial charge on any atom is -0.444 e. The highest BCUT2D eigenvalue weighted by molar-refractivity contribution is 6.30. The van der Waals surface area contributed by atoms with Crippen molar-refractivity contribution < 1.29 is 9.53 Å². The van der Waals surface area contributed by atoms with E-state index >= 15 is 0 Å². The third-order valence-electron chi connectivity index (χ3n) is 5.76. The Labute approximate surface area is 199 Å². The number of imidazole rings is 1. The molecule has 1 fully saturated rings. The molecule has 0 radical (unpaired) electrons. The molecular weight excluding hydrogens is 454 g/mol. The van der Waals surface area contributed by atoms with Gasteiger partial charge in [-0.2, -0.15) is 0 Å². The summed E-state index contributed by atoms with van der Waals surface area (Å²) in [5, 5.41) is 11.7. The predicted octanol–water partition coefficient (Wildman–Crippen LogP) is 4.64. The maximum absolute atomic E-state index is 12.2. The Hall–Kier alpha value is -3.98. The van der Waals surface area contributed by atoms with Crippen LogP contribution in [0.5, 0.6) is 0 Å². The van der Waals surface area contributed by atoms with E-state index in [2.05, 4.69) is 43.2 Å². The zero-order chi connectivity index (χ0) is 23.1. The molecule has 5 aromatic rings. The molecule has 0 aliphatic heterocycles. The number of benzene rings is 1. The summed E-state index contributed by atoms with van der Waals surface area (Å²) in [5.74, 6) is 1.71. The number of carbonyl (C=O) groups is 1. The first-order chi connectivity index (χ1) is 16.6. The predicted molar refractivity (Wildman–Crippen MR) is 126 cm³/mol. The number of hydrogen-bond donors (Lipinski definition) is 1. The highest BCUT2D eigenvalue weighted by Gasteiger charge is 2.23. The summed E-state index contributed by atoms with van der Waals surface area (Å²) in [6, 6.07) is 11.4. The van der Waals surface area contributed by atoms with E-state index in [0.29, 0.717) is 34.7 Å². The third-order valence-corrected chi connectivity index (χ3v) is 6.00. The first kappa shape index (κ1) is 20.6. The summed E-state index contributed by atoms with van der Waals surface area (Å²) in [7, 11) is 0. The normalized spacial score (nSPS) is 13.4. The van der Waals surface area contributed by atoms with Crippen LogP contribution in [-0.4, -0.2) is 35.1 Å². The van der Waals surface area contributed by atoms with Crippen molar-refractivity contribution in [2.24, 2.45) is 0 Å². The van der Waals surface area contributed by atoms with Crippen molar-refractivity contribution in [2.45, 2.75) is 31.8 Å². The van der Waals surface area contributed by atoms with Gasteiger partial charge in [0, 0.05) is 17.4 Å². The molecule has 10 heteroatoms. The maximum Gasteiger partial charge on any atom is 0.413 e. The molecule has 0 saturated heterocycles. The molecule has 1 aliphatic carbocycles. The topological polar surface area (TPSA) is 98.7 Å². The van der Waals surface area contributed by atoms with Gasteiger partial charge in [-0.1, -0.05) is 29.8 Å². The number of aromatic nitrogens is 6. The molecule has 6 rings (SSSR count). The Morgan fingerprint density at radius 1 is 1.12 bits per heavy atom. The highest BCUT2D eigenvalue weighted by atomic mass is 35.5. The van der Waals surface area contributed by atoms with Gasteiger partial charge in [-0.3, -0.25) is 9.72 Å². The van der Waals surface area contributed by atoms with Crippen LogP contribution in [0.15, 0.2) is 61.2 Å². The summed E-state index contributed by atoms with van der Waals surface area (Å²) < 4.78 is 9.13. The number of nitrogens with zero attached hydrogens (tertiary/aromatic N) is 6. The molecule has 0 unspecified atom stereocenters. The summed E-state index contributed by atoms with van der Waals surface area (Å²) in [4.78, 5) is 21.2. The fraction of sp³-hybridized carbons (Fsp3) is 0.208. The summed E-state index contributed by atoms with van der Waals surface area (Å²) in [6.07, 6.45) is 9.80. The molecular formula is C24H20ClN7O2. The van der Waals surface area contributed by atoms with Gasteiger partial charge in [0.05, 0.1) is 24.5 Å². The number of carbonyl (C=O) groups excluding carboxylic acids is 1.